The number of aromatic nitrogens is 1. The van der Waals surface area contributed by atoms with Gasteiger partial charge in [0.25, 0.3) is 6.01 Å². The highest BCUT2D eigenvalue weighted by Gasteiger charge is 2.43. The minimum absolute atomic E-state index is 0.0378. The highest BCUT2D eigenvalue weighted by Crippen LogP contribution is 2.38. The van der Waals surface area contributed by atoms with Crippen LogP contribution < -0.4 is 15.4 Å². The van der Waals surface area contributed by atoms with Gasteiger partial charge in [0.05, 0.1) is 5.54 Å². The molecule has 0 bridgehead atoms. The minimum Gasteiger partial charge on any atom is -0.488 e. The summed E-state index contributed by atoms with van der Waals surface area (Å²) in [7, 11) is 0. The van der Waals surface area contributed by atoms with Crippen LogP contribution in [0.15, 0.2) is 52.9 Å². The number of ether oxygens (including phenoxy) is 1. The fourth-order valence-electron chi connectivity index (χ4n) is 4.48. The summed E-state index contributed by atoms with van der Waals surface area (Å²) in [6, 6.07) is 16.9. The Bertz CT molecular complexity index is 899. The molecule has 5 heteroatoms. The molecular weight excluding hydrogens is 338 g/mol. The molecule has 1 aromatic heterocycles. The maximum atomic E-state index is 6.84. The summed E-state index contributed by atoms with van der Waals surface area (Å²) in [6.07, 6.45) is 2.97. The Morgan fingerprint density at radius 3 is 2.59 bits per heavy atom. The number of nitrogens with two attached hydrogens (primary N) is 1. The second-order valence-corrected chi connectivity index (χ2v) is 8.01. The Morgan fingerprint density at radius 2 is 1.81 bits per heavy atom. The lowest BCUT2D eigenvalue weighted by Gasteiger charge is -2.42. The van der Waals surface area contributed by atoms with E-state index >= 15 is 0 Å². The monoisotopic (exact) mass is 363 g/mol. The highest BCUT2D eigenvalue weighted by molar-refractivity contribution is 5.74. The van der Waals surface area contributed by atoms with Crippen molar-refractivity contribution in [2.24, 2.45) is 11.7 Å². The molecule has 5 rings (SSSR count). The highest BCUT2D eigenvalue weighted by atomic mass is 16.5. The third kappa shape index (κ3) is 2.86. The van der Waals surface area contributed by atoms with E-state index in [1.54, 1.807) is 0 Å². The maximum Gasteiger partial charge on any atom is 0.298 e. The lowest BCUT2D eigenvalue weighted by Crippen LogP contribution is -2.58. The number of rotatable bonds is 3. The zero-order valence-electron chi connectivity index (χ0n) is 15.6. The first-order valence-corrected chi connectivity index (χ1v) is 9.75. The maximum absolute atomic E-state index is 6.84. The summed E-state index contributed by atoms with van der Waals surface area (Å²) in [6.45, 7) is 3.97. The average molecular weight is 363 g/mol. The van der Waals surface area contributed by atoms with E-state index in [0.29, 0.717) is 5.92 Å². The molecule has 27 heavy (non-hydrogen) atoms. The normalized spacial score (nSPS) is 22.4. The average Bonchev–Trinajstić information content (AvgIpc) is 3.32. The Morgan fingerprint density at radius 1 is 1.07 bits per heavy atom. The van der Waals surface area contributed by atoms with Crippen LogP contribution in [0.2, 0.25) is 0 Å². The summed E-state index contributed by atoms with van der Waals surface area (Å²) >= 11 is 0. The van der Waals surface area contributed by atoms with E-state index in [0.717, 1.165) is 55.2 Å². The number of hydrogen-bond acceptors (Lipinski definition) is 5. The number of nitrogens with zero attached hydrogens (tertiary/aromatic N) is 2. The van der Waals surface area contributed by atoms with Gasteiger partial charge in [0.15, 0.2) is 5.58 Å². The van der Waals surface area contributed by atoms with Crippen LogP contribution in [0.3, 0.4) is 0 Å². The molecule has 0 spiro atoms. The minimum atomic E-state index is -0.355. The second-order valence-electron chi connectivity index (χ2n) is 8.01. The molecular formula is C22H25N3O2. The number of para-hydroxylation sites is 3. The molecule has 3 heterocycles. The number of fused-ring (bicyclic) bond motifs is 2. The Balaban J connectivity index is 1.27. The van der Waals surface area contributed by atoms with Crippen molar-refractivity contribution < 1.29 is 9.15 Å². The Hall–Kier alpha value is -2.53. The first kappa shape index (κ1) is 16.6. The first-order chi connectivity index (χ1) is 13.1. The largest absolute Gasteiger partial charge is 0.488 e. The van der Waals surface area contributed by atoms with Crippen molar-refractivity contribution in [3.63, 3.8) is 0 Å². The fourth-order valence-corrected chi connectivity index (χ4v) is 4.48. The van der Waals surface area contributed by atoms with Crippen LogP contribution in [-0.4, -0.2) is 29.7 Å². The van der Waals surface area contributed by atoms with Gasteiger partial charge in [0, 0.05) is 19.5 Å². The Labute approximate surface area is 159 Å². The van der Waals surface area contributed by atoms with Gasteiger partial charge in [-0.2, -0.15) is 4.98 Å². The molecule has 140 valence electrons. The first-order valence-electron chi connectivity index (χ1n) is 9.75. The van der Waals surface area contributed by atoms with Crippen molar-refractivity contribution in [3.8, 4) is 5.75 Å². The van der Waals surface area contributed by atoms with E-state index in [1.165, 1.54) is 5.56 Å². The number of anilines is 1. The lowest BCUT2D eigenvalue weighted by molar-refractivity contribution is 0.0838. The predicted molar refractivity (Wildman–Crippen MR) is 106 cm³/mol. The molecule has 0 amide bonds. The third-order valence-electron chi connectivity index (χ3n) is 6.27. The van der Waals surface area contributed by atoms with Gasteiger partial charge < -0.3 is 19.8 Å². The van der Waals surface area contributed by atoms with E-state index in [1.807, 2.05) is 36.4 Å². The molecule has 0 aliphatic carbocycles. The van der Waals surface area contributed by atoms with Gasteiger partial charge in [-0.05, 0) is 49.4 Å². The van der Waals surface area contributed by atoms with Gasteiger partial charge in [-0.15, -0.1) is 0 Å². The van der Waals surface area contributed by atoms with Gasteiger partial charge in [0.2, 0.25) is 0 Å². The summed E-state index contributed by atoms with van der Waals surface area (Å²) in [5.41, 5.74) is 9.51. The summed E-state index contributed by atoms with van der Waals surface area (Å²) in [5.74, 6) is 1.40. The van der Waals surface area contributed by atoms with Crippen molar-refractivity contribution in [3.05, 3.63) is 54.1 Å². The van der Waals surface area contributed by atoms with Crippen molar-refractivity contribution >= 4 is 17.1 Å². The van der Waals surface area contributed by atoms with E-state index in [-0.39, 0.29) is 11.6 Å². The fraction of sp³-hybridized carbons (Fsp3) is 0.409. The molecule has 2 unspecified atom stereocenters. The standard InChI is InChI=1S/C22H25N3O2/c1-22(23,20-14-15-6-2-4-8-18(15)26-20)16-10-12-25(13-11-16)21-24-17-7-3-5-9-19(17)27-21/h2-9,16,20H,10-14,23H2,1H3. The molecule has 0 radical (unpaired) electrons. The molecule has 5 nitrogen and oxygen atoms in total. The van der Waals surface area contributed by atoms with E-state index in [4.69, 9.17) is 14.9 Å². The summed E-state index contributed by atoms with van der Waals surface area (Å²) < 4.78 is 12.1. The van der Waals surface area contributed by atoms with Gasteiger partial charge in [-0.25, -0.2) is 0 Å². The molecule has 3 aromatic rings. The predicted octanol–water partition coefficient (Wildman–Crippen LogP) is 3.77. The van der Waals surface area contributed by atoms with Crippen LogP contribution in [-0.2, 0) is 6.42 Å². The smallest absolute Gasteiger partial charge is 0.298 e. The van der Waals surface area contributed by atoms with E-state index < -0.39 is 0 Å². The molecule has 2 aliphatic heterocycles. The van der Waals surface area contributed by atoms with Crippen molar-refractivity contribution in [2.75, 3.05) is 18.0 Å². The van der Waals surface area contributed by atoms with Gasteiger partial charge in [0.1, 0.15) is 17.4 Å². The molecule has 2 aliphatic rings. The van der Waals surface area contributed by atoms with Crippen LogP contribution in [0.4, 0.5) is 6.01 Å². The number of benzene rings is 2. The molecule has 2 N–H and O–H groups in total. The Kier molecular flexibility index (Phi) is 3.86. The zero-order valence-corrected chi connectivity index (χ0v) is 15.6. The van der Waals surface area contributed by atoms with Crippen molar-refractivity contribution in [1.82, 2.24) is 4.98 Å². The number of hydrogen-bond donors (Lipinski definition) is 1. The second kappa shape index (κ2) is 6.27. The quantitative estimate of drug-likeness (QED) is 0.767. The summed E-state index contributed by atoms with van der Waals surface area (Å²) in [4.78, 5) is 6.86. The lowest BCUT2D eigenvalue weighted by atomic mass is 9.75. The van der Waals surface area contributed by atoms with Gasteiger partial charge >= 0.3 is 0 Å². The molecule has 1 saturated heterocycles. The third-order valence-corrected chi connectivity index (χ3v) is 6.27. The van der Waals surface area contributed by atoms with Crippen LogP contribution >= 0.6 is 0 Å². The number of piperidine rings is 1. The number of oxazole rings is 1. The van der Waals surface area contributed by atoms with E-state index in [2.05, 4.69) is 28.9 Å². The van der Waals surface area contributed by atoms with Gasteiger partial charge in [-0.1, -0.05) is 30.3 Å². The molecule has 0 saturated carbocycles. The van der Waals surface area contributed by atoms with Crippen LogP contribution in [0, 0.1) is 5.92 Å². The van der Waals surface area contributed by atoms with Crippen LogP contribution in [0.5, 0.6) is 5.75 Å². The molecule has 1 fully saturated rings. The van der Waals surface area contributed by atoms with Crippen LogP contribution in [0.25, 0.3) is 11.1 Å². The van der Waals surface area contributed by atoms with Crippen LogP contribution in [0.1, 0.15) is 25.3 Å². The van der Waals surface area contributed by atoms with Crippen molar-refractivity contribution in [1.29, 1.82) is 0 Å². The SMILES string of the molecule is CC(N)(C1CCN(c2nc3ccccc3o2)CC1)C1Cc2ccccc2O1. The molecule has 2 atom stereocenters. The van der Waals surface area contributed by atoms with E-state index in [9.17, 15) is 0 Å². The van der Waals surface area contributed by atoms with Crippen molar-refractivity contribution in [2.45, 2.75) is 37.8 Å². The molecule has 2 aromatic carbocycles. The summed E-state index contributed by atoms with van der Waals surface area (Å²) in [5, 5.41) is 0. The zero-order chi connectivity index (χ0) is 18.4. The topological polar surface area (TPSA) is 64.5 Å². The van der Waals surface area contributed by atoms with Gasteiger partial charge in [-0.3, -0.25) is 0 Å².